The number of aryl methyl sites for hydroxylation is 1. The maximum absolute atomic E-state index is 12.6. The Kier molecular flexibility index (Phi) is 8.45. The topological polar surface area (TPSA) is 108 Å². The van der Waals surface area contributed by atoms with Gasteiger partial charge in [0.15, 0.2) is 0 Å². The molecule has 4 aromatic rings. The first-order valence-corrected chi connectivity index (χ1v) is 13.4. The molecule has 5 rings (SSSR count). The molecule has 0 aliphatic heterocycles. The van der Waals surface area contributed by atoms with Crippen molar-refractivity contribution in [3.8, 4) is 11.5 Å². The third-order valence-corrected chi connectivity index (χ3v) is 7.20. The number of carbonyl (C=O) groups is 2. The van der Waals surface area contributed by atoms with Gasteiger partial charge in [-0.05, 0) is 84.5 Å². The maximum atomic E-state index is 12.6. The Labute approximate surface area is 237 Å². The average molecular weight is 557 g/mol. The van der Waals surface area contributed by atoms with Crippen LogP contribution in [0.25, 0.3) is 0 Å². The second-order valence-corrected chi connectivity index (χ2v) is 10.3. The lowest BCUT2D eigenvalue weighted by atomic mass is 9.88. The lowest BCUT2D eigenvalue weighted by molar-refractivity contribution is 0.0696. The van der Waals surface area contributed by atoms with Gasteiger partial charge in [-0.3, -0.25) is 4.79 Å². The Hall–Kier alpha value is -4.17. The number of carboxylic acids is 1. The molecule has 4 N–H and O–H groups in total. The fourth-order valence-electron chi connectivity index (χ4n) is 4.83. The Balaban J connectivity index is 1.27. The Morgan fingerprint density at radius 2 is 1.68 bits per heavy atom. The number of aromatic carboxylic acids is 1. The zero-order valence-electron chi connectivity index (χ0n) is 21.6. The molecule has 4 aromatic carbocycles. The molecule has 0 aromatic heterocycles. The van der Waals surface area contributed by atoms with Gasteiger partial charge in [-0.2, -0.15) is 0 Å². The monoisotopic (exact) mass is 556 g/mol. The van der Waals surface area contributed by atoms with Crippen molar-refractivity contribution in [2.24, 2.45) is 0 Å². The quantitative estimate of drug-likeness (QED) is 0.194. The number of rotatable bonds is 9. The minimum Gasteiger partial charge on any atom is -0.478 e. The molecular weight excluding hydrogens is 528 g/mol. The number of hydrogen-bond donors (Lipinski definition) is 4. The number of anilines is 1. The summed E-state index contributed by atoms with van der Waals surface area (Å²) in [5.41, 5.74) is 3.97. The molecule has 2 atom stereocenters. The number of amides is 1. The first-order chi connectivity index (χ1) is 19.3. The highest BCUT2D eigenvalue weighted by Gasteiger charge is 2.21. The van der Waals surface area contributed by atoms with Crippen LogP contribution in [0.4, 0.5) is 5.69 Å². The van der Waals surface area contributed by atoms with E-state index in [1.165, 1.54) is 17.7 Å². The van der Waals surface area contributed by atoms with Crippen LogP contribution in [0.15, 0.2) is 91.0 Å². The van der Waals surface area contributed by atoms with E-state index < -0.39 is 12.1 Å². The van der Waals surface area contributed by atoms with E-state index in [1.54, 1.807) is 42.5 Å². The summed E-state index contributed by atoms with van der Waals surface area (Å²) in [4.78, 5) is 24.4. The molecule has 204 valence electrons. The largest absolute Gasteiger partial charge is 0.478 e. The number of hydrogen-bond acceptors (Lipinski definition) is 5. The molecule has 0 saturated carbocycles. The first kappa shape index (κ1) is 27.4. The van der Waals surface area contributed by atoms with Crippen molar-refractivity contribution in [1.82, 2.24) is 5.32 Å². The van der Waals surface area contributed by atoms with Crippen molar-refractivity contribution in [1.29, 1.82) is 0 Å². The third kappa shape index (κ3) is 6.87. The molecule has 0 fully saturated rings. The number of fused-ring (bicyclic) bond motifs is 1. The molecule has 8 heteroatoms. The van der Waals surface area contributed by atoms with E-state index in [9.17, 15) is 19.8 Å². The third-order valence-electron chi connectivity index (χ3n) is 6.94. The molecule has 1 aliphatic rings. The van der Waals surface area contributed by atoms with E-state index >= 15 is 0 Å². The van der Waals surface area contributed by atoms with Gasteiger partial charge < -0.3 is 25.6 Å². The fourth-order valence-corrected chi connectivity index (χ4v) is 4.96. The molecule has 0 heterocycles. The summed E-state index contributed by atoms with van der Waals surface area (Å²) in [6.45, 7) is 0.428. The Bertz CT molecular complexity index is 1510. The van der Waals surface area contributed by atoms with Crippen LogP contribution in [0, 0.1) is 0 Å². The number of carboxylic acid groups (broad SMARTS) is 1. The summed E-state index contributed by atoms with van der Waals surface area (Å²) in [5, 5.41) is 27.0. The number of nitrogens with one attached hydrogen (secondary N) is 2. The van der Waals surface area contributed by atoms with Gasteiger partial charge in [0.05, 0.1) is 11.7 Å². The van der Waals surface area contributed by atoms with E-state index in [2.05, 4.69) is 10.6 Å². The summed E-state index contributed by atoms with van der Waals surface area (Å²) in [6, 6.07) is 26.4. The SMILES string of the molecule is O=C(O)c1cc(NC(=O)c2ccccc2)cc(Oc2ccc3c(c2)C[C@@H](NC[C@H](O)c2ccc(Cl)cc2)CC3)c1. The Morgan fingerprint density at radius 1 is 0.900 bits per heavy atom. The number of aliphatic hydroxyl groups excluding tert-OH is 1. The van der Waals surface area contributed by atoms with Crippen LogP contribution in [0.5, 0.6) is 11.5 Å². The highest BCUT2D eigenvalue weighted by Crippen LogP contribution is 2.31. The van der Waals surface area contributed by atoms with Gasteiger partial charge in [0.2, 0.25) is 0 Å². The maximum Gasteiger partial charge on any atom is 0.335 e. The number of carbonyl (C=O) groups excluding carboxylic acids is 1. The predicted octanol–water partition coefficient (Wildman–Crippen LogP) is 6.26. The predicted molar refractivity (Wildman–Crippen MR) is 155 cm³/mol. The molecule has 7 nitrogen and oxygen atoms in total. The number of benzene rings is 4. The second-order valence-electron chi connectivity index (χ2n) is 9.82. The molecule has 0 bridgehead atoms. The highest BCUT2D eigenvalue weighted by atomic mass is 35.5. The van der Waals surface area contributed by atoms with Gasteiger partial charge in [-0.25, -0.2) is 4.79 Å². The van der Waals surface area contributed by atoms with Crippen LogP contribution in [0.3, 0.4) is 0 Å². The minimum atomic E-state index is -1.12. The highest BCUT2D eigenvalue weighted by molar-refractivity contribution is 6.30. The number of halogens is 1. The summed E-state index contributed by atoms with van der Waals surface area (Å²) in [6.07, 6.45) is 1.99. The average Bonchev–Trinajstić information content (AvgIpc) is 2.96. The van der Waals surface area contributed by atoms with Gasteiger partial charge in [0.1, 0.15) is 11.5 Å². The number of ether oxygens (including phenoxy) is 1. The van der Waals surface area contributed by atoms with Crippen molar-refractivity contribution in [3.05, 3.63) is 124 Å². The molecule has 0 spiro atoms. The van der Waals surface area contributed by atoms with Crippen molar-refractivity contribution >= 4 is 29.2 Å². The summed E-state index contributed by atoms with van der Waals surface area (Å²) >= 11 is 5.95. The van der Waals surface area contributed by atoms with Gasteiger partial charge in [-0.1, -0.05) is 48.0 Å². The zero-order valence-corrected chi connectivity index (χ0v) is 22.4. The Morgan fingerprint density at radius 3 is 2.42 bits per heavy atom. The number of aliphatic hydroxyl groups is 1. The smallest absolute Gasteiger partial charge is 0.335 e. The van der Waals surface area contributed by atoms with Crippen LogP contribution in [-0.2, 0) is 12.8 Å². The van der Waals surface area contributed by atoms with Crippen LogP contribution in [0.2, 0.25) is 5.02 Å². The lowest BCUT2D eigenvalue weighted by Crippen LogP contribution is -2.37. The van der Waals surface area contributed by atoms with Gasteiger partial charge in [-0.15, -0.1) is 0 Å². The molecule has 1 amide bonds. The molecule has 0 radical (unpaired) electrons. The summed E-state index contributed by atoms with van der Waals surface area (Å²) in [5.74, 6) is -0.591. The standard InChI is InChI=1S/C32H29ClN2O5/c33-25-10-6-21(7-11-25)30(36)19-34-26-12-8-20-9-13-28(16-23(20)14-26)40-29-17-24(32(38)39)15-27(18-29)35-31(37)22-4-2-1-3-5-22/h1-7,9-11,13,15-18,26,30,34,36H,8,12,14,19H2,(H,35,37)(H,38,39)/t26-,30-/m0/s1. The van der Waals surface area contributed by atoms with Gasteiger partial charge in [0.25, 0.3) is 5.91 Å². The van der Waals surface area contributed by atoms with Crippen molar-refractivity contribution in [2.45, 2.75) is 31.4 Å². The van der Waals surface area contributed by atoms with Crippen LogP contribution in [-0.4, -0.2) is 34.7 Å². The minimum absolute atomic E-state index is 0.00216. The second kappa shape index (κ2) is 12.3. The molecule has 0 unspecified atom stereocenters. The lowest BCUT2D eigenvalue weighted by Gasteiger charge is -2.27. The van der Waals surface area contributed by atoms with Crippen molar-refractivity contribution in [2.75, 3.05) is 11.9 Å². The summed E-state index contributed by atoms with van der Waals surface area (Å²) in [7, 11) is 0. The normalized spacial score (nSPS) is 15.1. The van der Waals surface area contributed by atoms with Crippen LogP contribution in [0.1, 0.15) is 49.9 Å². The summed E-state index contributed by atoms with van der Waals surface area (Å²) < 4.78 is 6.08. The van der Waals surface area contributed by atoms with Gasteiger partial charge >= 0.3 is 5.97 Å². The van der Waals surface area contributed by atoms with E-state index in [1.807, 2.05) is 36.4 Å². The van der Waals surface area contributed by atoms with Crippen molar-refractivity contribution in [3.63, 3.8) is 0 Å². The van der Waals surface area contributed by atoms with E-state index in [4.69, 9.17) is 16.3 Å². The van der Waals surface area contributed by atoms with E-state index in [-0.39, 0.29) is 17.5 Å². The van der Waals surface area contributed by atoms with E-state index in [0.29, 0.717) is 34.3 Å². The molecule has 40 heavy (non-hydrogen) atoms. The van der Waals surface area contributed by atoms with Crippen molar-refractivity contribution < 1.29 is 24.5 Å². The zero-order chi connectivity index (χ0) is 28.1. The molecular formula is C32H29ClN2O5. The van der Waals surface area contributed by atoms with Gasteiger partial charge in [0, 0.05) is 34.9 Å². The molecule has 1 aliphatic carbocycles. The van der Waals surface area contributed by atoms with Crippen LogP contribution >= 0.6 is 11.6 Å². The van der Waals surface area contributed by atoms with Crippen LogP contribution < -0.4 is 15.4 Å². The fraction of sp³-hybridized carbons (Fsp3) is 0.188. The van der Waals surface area contributed by atoms with E-state index in [0.717, 1.165) is 30.4 Å². The molecule has 0 saturated heterocycles. The first-order valence-electron chi connectivity index (χ1n) is 13.1.